The molecule has 0 spiro atoms. The molecule has 2 unspecified atom stereocenters. The van der Waals surface area contributed by atoms with Crippen LogP contribution in [0.25, 0.3) is 0 Å². The Morgan fingerprint density at radius 1 is 0.585 bits per heavy atom. The monoisotopic (exact) mass is 764 g/mol. The van der Waals surface area contributed by atoms with Crippen LogP contribution >= 0.6 is 7.82 Å². The van der Waals surface area contributed by atoms with E-state index in [1.54, 1.807) is 0 Å². The Bertz CT molecular complexity index is 1100. The third-order valence-electron chi connectivity index (χ3n) is 8.11. The van der Waals surface area contributed by atoms with Crippen LogP contribution in [0.5, 0.6) is 0 Å². The number of hydrogen-bond acceptors (Lipinski definition) is 8. The van der Waals surface area contributed by atoms with Crippen molar-refractivity contribution in [1.82, 2.24) is 0 Å². The Morgan fingerprint density at radius 2 is 1.04 bits per heavy atom. The molecular formula is C43H74NO8P. The minimum absolute atomic E-state index is 0.0476. The molecule has 0 radical (unpaired) electrons. The first kappa shape index (κ1) is 50.5. The zero-order chi connectivity index (χ0) is 38.9. The van der Waals surface area contributed by atoms with Crippen molar-refractivity contribution in [1.29, 1.82) is 0 Å². The molecule has 0 bridgehead atoms. The average Bonchev–Trinajstić information content (AvgIpc) is 3.14. The highest BCUT2D eigenvalue weighted by Crippen LogP contribution is 2.43. The van der Waals surface area contributed by atoms with Crippen LogP contribution in [0.1, 0.15) is 155 Å². The fourth-order valence-corrected chi connectivity index (χ4v) is 5.87. The largest absolute Gasteiger partial charge is 0.472 e. The summed E-state index contributed by atoms with van der Waals surface area (Å²) in [4.78, 5) is 34.6. The van der Waals surface area contributed by atoms with E-state index in [1.165, 1.54) is 19.3 Å². The normalized spacial score (nSPS) is 14.1. The van der Waals surface area contributed by atoms with Crippen molar-refractivity contribution in [3.63, 3.8) is 0 Å². The highest BCUT2D eigenvalue weighted by molar-refractivity contribution is 7.47. The lowest BCUT2D eigenvalue weighted by Crippen LogP contribution is -2.29. The molecular weight excluding hydrogens is 689 g/mol. The molecule has 0 aromatic heterocycles. The fraction of sp³-hybridized carbons (Fsp3) is 0.674. The zero-order valence-corrected chi connectivity index (χ0v) is 34.1. The van der Waals surface area contributed by atoms with E-state index in [9.17, 15) is 19.0 Å². The average molecular weight is 764 g/mol. The molecule has 53 heavy (non-hydrogen) atoms. The van der Waals surface area contributed by atoms with Gasteiger partial charge in [0.2, 0.25) is 0 Å². The molecule has 304 valence electrons. The molecule has 3 N–H and O–H groups in total. The molecule has 0 saturated heterocycles. The summed E-state index contributed by atoms with van der Waals surface area (Å²) in [6.45, 7) is 3.52. The van der Waals surface area contributed by atoms with Crippen LogP contribution in [0.3, 0.4) is 0 Å². The molecule has 0 heterocycles. The molecule has 0 aliphatic heterocycles. The number of unbranched alkanes of at least 4 members (excludes halogenated alkanes) is 12. The van der Waals surface area contributed by atoms with Crippen LogP contribution in [-0.2, 0) is 32.7 Å². The third kappa shape index (κ3) is 39.0. The van der Waals surface area contributed by atoms with E-state index in [4.69, 9.17) is 24.3 Å². The van der Waals surface area contributed by atoms with Gasteiger partial charge in [0.25, 0.3) is 0 Å². The molecule has 0 aliphatic carbocycles. The van der Waals surface area contributed by atoms with Crippen molar-refractivity contribution in [2.45, 2.75) is 161 Å². The van der Waals surface area contributed by atoms with Crippen molar-refractivity contribution in [2.75, 3.05) is 26.4 Å². The number of esters is 2. The van der Waals surface area contributed by atoms with Gasteiger partial charge in [-0.05, 0) is 64.2 Å². The molecule has 0 saturated carbocycles. The molecule has 2 atom stereocenters. The molecule has 0 rings (SSSR count). The fourth-order valence-electron chi connectivity index (χ4n) is 5.11. The quantitative estimate of drug-likeness (QED) is 0.0274. The Labute approximate surface area is 322 Å². The Balaban J connectivity index is 4.11. The van der Waals surface area contributed by atoms with Crippen molar-refractivity contribution < 1.29 is 37.6 Å². The van der Waals surface area contributed by atoms with E-state index >= 15 is 0 Å². The van der Waals surface area contributed by atoms with Gasteiger partial charge in [0, 0.05) is 19.4 Å². The number of nitrogens with two attached hydrogens (primary N) is 1. The van der Waals surface area contributed by atoms with E-state index < -0.39 is 32.5 Å². The first-order valence-electron chi connectivity index (χ1n) is 20.4. The van der Waals surface area contributed by atoms with Gasteiger partial charge in [0.05, 0.1) is 13.2 Å². The maximum atomic E-state index is 12.5. The van der Waals surface area contributed by atoms with Gasteiger partial charge in [-0.15, -0.1) is 0 Å². The van der Waals surface area contributed by atoms with Crippen LogP contribution in [0.2, 0.25) is 0 Å². The van der Waals surface area contributed by atoms with Crippen LogP contribution in [0, 0.1) is 0 Å². The summed E-state index contributed by atoms with van der Waals surface area (Å²) in [5.41, 5.74) is 5.32. The van der Waals surface area contributed by atoms with Gasteiger partial charge >= 0.3 is 19.8 Å². The second kappa shape index (κ2) is 39.2. The molecule has 0 aromatic carbocycles. The minimum Gasteiger partial charge on any atom is -0.462 e. The number of carbonyl (C=O) groups excluding carboxylic acids is 2. The lowest BCUT2D eigenvalue weighted by atomic mass is 10.1. The van der Waals surface area contributed by atoms with Gasteiger partial charge in [0.1, 0.15) is 6.61 Å². The maximum absolute atomic E-state index is 12.5. The van der Waals surface area contributed by atoms with Crippen LogP contribution < -0.4 is 5.73 Å². The lowest BCUT2D eigenvalue weighted by Gasteiger charge is -2.19. The molecule has 0 aliphatic rings. The number of phosphoric acid groups is 1. The minimum atomic E-state index is -4.37. The van der Waals surface area contributed by atoms with Crippen LogP contribution in [-0.4, -0.2) is 49.3 Å². The van der Waals surface area contributed by atoms with Gasteiger partial charge in [0.15, 0.2) is 6.10 Å². The van der Waals surface area contributed by atoms with Gasteiger partial charge in [-0.2, -0.15) is 0 Å². The van der Waals surface area contributed by atoms with Crippen LogP contribution in [0.4, 0.5) is 0 Å². The Kier molecular flexibility index (Phi) is 37.3. The number of carbonyl (C=O) groups is 2. The van der Waals surface area contributed by atoms with E-state index in [2.05, 4.69) is 86.8 Å². The zero-order valence-electron chi connectivity index (χ0n) is 33.2. The first-order valence-corrected chi connectivity index (χ1v) is 21.9. The standard InChI is InChI=1S/C43H74NO8P/c1-3-5-7-9-11-12-13-14-15-16-17-18-19-20-21-22-23-24-25-26-27-28-30-32-34-36-43(46)52-41(40-51-53(47,48)50-38-37-44)39-49-42(45)35-33-31-29-10-8-6-4-2/h5,7,11-12,14-15,17-18,20-21,23-24,41H,3-4,6,8-10,13,16,19,22,25-40,44H2,1-2H3,(H,47,48)/b7-5-,12-11-,15-14-,18-17-,21-20-,24-23-. The highest BCUT2D eigenvalue weighted by atomic mass is 31.2. The van der Waals surface area contributed by atoms with Crippen molar-refractivity contribution >= 4 is 19.8 Å². The van der Waals surface area contributed by atoms with Crippen molar-refractivity contribution in [3.8, 4) is 0 Å². The molecule has 0 amide bonds. The summed E-state index contributed by atoms with van der Waals surface area (Å²) < 4.78 is 32.6. The molecule has 10 heteroatoms. The summed E-state index contributed by atoms with van der Waals surface area (Å²) in [5.74, 6) is -0.859. The second-order valence-corrected chi connectivity index (χ2v) is 14.6. The molecule has 0 aromatic rings. The van der Waals surface area contributed by atoms with Crippen molar-refractivity contribution in [3.05, 3.63) is 72.9 Å². The van der Waals surface area contributed by atoms with Gasteiger partial charge in [-0.3, -0.25) is 18.6 Å². The summed E-state index contributed by atoms with van der Waals surface area (Å²) in [6.07, 6.45) is 46.7. The van der Waals surface area contributed by atoms with Crippen molar-refractivity contribution in [2.24, 2.45) is 5.73 Å². The highest BCUT2D eigenvalue weighted by Gasteiger charge is 2.25. The number of allylic oxidation sites excluding steroid dienone is 12. The second-order valence-electron chi connectivity index (χ2n) is 13.1. The van der Waals surface area contributed by atoms with E-state index in [1.807, 2.05) is 0 Å². The molecule has 0 fully saturated rings. The SMILES string of the molecule is CC/C=C\C/C=C\C/C=C\C/C=C\C/C=C\C/C=C\CCCCCCCCC(=O)OC(COC(=O)CCCCCCCCC)COP(=O)(O)OCCN. The summed E-state index contributed by atoms with van der Waals surface area (Å²) in [5, 5.41) is 0. The van der Waals surface area contributed by atoms with Crippen LogP contribution in [0.15, 0.2) is 72.9 Å². The van der Waals surface area contributed by atoms with E-state index in [-0.39, 0.29) is 32.6 Å². The number of phosphoric ester groups is 1. The number of hydrogen-bond donors (Lipinski definition) is 2. The van der Waals surface area contributed by atoms with E-state index in [0.29, 0.717) is 6.42 Å². The number of ether oxygens (including phenoxy) is 2. The third-order valence-corrected chi connectivity index (χ3v) is 9.09. The maximum Gasteiger partial charge on any atom is 0.472 e. The molecule has 9 nitrogen and oxygen atoms in total. The van der Waals surface area contributed by atoms with Gasteiger partial charge < -0.3 is 20.1 Å². The summed E-state index contributed by atoms with van der Waals surface area (Å²) in [6, 6.07) is 0. The summed E-state index contributed by atoms with van der Waals surface area (Å²) >= 11 is 0. The topological polar surface area (TPSA) is 134 Å². The van der Waals surface area contributed by atoms with E-state index in [0.717, 1.165) is 103 Å². The summed E-state index contributed by atoms with van der Waals surface area (Å²) in [7, 11) is -4.37. The first-order chi connectivity index (χ1) is 25.8. The number of rotatable bonds is 37. The smallest absolute Gasteiger partial charge is 0.462 e. The lowest BCUT2D eigenvalue weighted by molar-refractivity contribution is -0.161. The Hall–Kier alpha value is -2.55. The van der Waals surface area contributed by atoms with Gasteiger partial charge in [-0.25, -0.2) is 4.57 Å². The predicted octanol–water partition coefficient (Wildman–Crippen LogP) is 11.5. The predicted molar refractivity (Wildman–Crippen MR) is 219 cm³/mol. The van der Waals surface area contributed by atoms with Gasteiger partial charge in [-0.1, -0.05) is 151 Å². The Morgan fingerprint density at radius 3 is 1.55 bits per heavy atom.